The van der Waals surface area contributed by atoms with E-state index in [0.29, 0.717) is 11.1 Å². The second kappa shape index (κ2) is 9.76. The van der Waals surface area contributed by atoms with Gasteiger partial charge in [0.15, 0.2) is 0 Å². The van der Waals surface area contributed by atoms with Crippen LogP contribution in [0.15, 0.2) is 101 Å². The van der Waals surface area contributed by atoms with E-state index in [4.69, 9.17) is 0 Å². The normalized spacial score (nSPS) is 14.1. The summed E-state index contributed by atoms with van der Waals surface area (Å²) in [7, 11) is -4.06. The fourth-order valence-electron chi connectivity index (χ4n) is 4.27. The van der Waals surface area contributed by atoms with Gasteiger partial charge in [0.1, 0.15) is 5.82 Å². The number of halogens is 1. The second-order valence-electron chi connectivity index (χ2n) is 8.45. The SMILES string of the molecule is CSc1ccc(/C=C2\C=C(CC(=O)NS(=O)(=O)c3ccc4ccccc4c3)c3cc(F)ccc32)cc1. The number of nitrogens with one attached hydrogen (secondary N) is 1. The van der Waals surface area contributed by atoms with Crippen molar-refractivity contribution >= 4 is 55.7 Å². The van der Waals surface area contributed by atoms with Gasteiger partial charge in [-0.25, -0.2) is 17.5 Å². The first-order chi connectivity index (χ1) is 17.3. The van der Waals surface area contributed by atoms with Crippen LogP contribution >= 0.6 is 11.8 Å². The molecule has 1 aliphatic carbocycles. The Kier molecular flexibility index (Phi) is 6.51. The summed E-state index contributed by atoms with van der Waals surface area (Å²) in [6, 6.07) is 24.6. The first-order valence-electron chi connectivity index (χ1n) is 11.2. The first-order valence-corrected chi connectivity index (χ1v) is 13.9. The lowest BCUT2D eigenvalue weighted by Crippen LogP contribution is -2.30. The van der Waals surface area contributed by atoms with Gasteiger partial charge in [-0.2, -0.15) is 0 Å². The third-order valence-electron chi connectivity index (χ3n) is 6.04. The topological polar surface area (TPSA) is 63.2 Å². The summed E-state index contributed by atoms with van der Waals surface area (Å²) in [6.07, 6.45) is 5.59. The number of amides is 1. The summed E-state index contributed by atoms with van der Waals surface area (Å²) in [5.41, 5.74) is 3.74. The minimum atomic E-state index is -4.06. The van der Waals surface area contributed by atoms with Crippen LogP contribution in [0, 0.1) is 5.82 Å². The number of fused-ring (bicyclic) bond motifs is 2. The molecule has 0 heterocycles. The highest BCUT2D eigenvalue weighted by atomic mass is 32.2. The average Bonchev–Trinajstić information content (AvgIpc) is 3.19. The molecule has 36 heavy (non-hydrogen) atoms. The van der Waals surface area contributed by atoms with Crippen LogP contribution in [-0.2, 0) is 14.8 Å². The third-order valence-corrected chi connectivity index (χ3v) is 8.15. The summed E-state index contributed by atoms with van der Waals surface area (Å²) in [6.45, 7) is 0. The predicted molar refractivity (Wildman–Crippen MR) is 144 cm³/mol. The summed E-state index contributed by atoms with van der Waals surface area (Å²) >= 11 is 1.65. The number of hydrogen-bond acceptors (Lipinski definition) is 4. The van der Waals surface area contributed by atoms with E-state index in [1.54, 1.807) is 23.9 Å². The van der Waals surface area contributed by atoms with E-state index in [2.05, 4.69) is 4.72 Å². The van der Waals surface area contributed by atoms with E-state index >= 15 is 0 Å². The van der Waals surface area contributed by atoms with Crippen LogP contribution in [0.1, 0.15) is 23.1 Å². The smallest absolute Gasteiger partial charge is 0.264 e. The molecule has 0 saturated carbocycles. The Labute approximate surface area is 213 Å². The van der Waals surface area contributed by atoms with Crippen LogP contribution in [0.25, 0.3) is 28.0 Å². The highest BCUT2D eigenvalue weighted by molar-refractivity contribution is 7.98. The quantitative estimate of drug-likeness (QED) is 0.297. The molecule has 7 heteroatoms. The number of allylic oxidation sites excluding steroid dienone is 2. The standard InChI is InChI=1S/C29H22FNO3S2/c1-35-25-10-6-19(7-11-25)14-22-15-23(28-18-24(30)9-13-27(22)28)17-29(32)31-36(33,34)26-12-8-20-4-2-3-5-21(20)16-26/h2-16,18H,17H2,1H3,(H,31,32)/b22-14+. The van der Waals surface area contributed by atoms with Crippen LogP contribution in [-0.4, -0.2) is 20.6 Å². The fraction of sp³-hybridized carbons (Fsp3) is 0.0690. The Hall–Kier alpha value is -3.68. The van der Waals surface area contributed by atoms with E-state index < -0.39 is 21.7 Å². The Morgan fingerprint density at radius 1 is 0.917 bits per heavy atom. The molecule has 1 amide bonds. The summed E-state index contributed by atoms with van der Waals surface area (Å²) in [5.74, 6) is -1.11. The molecule has 5 rings (SSSR count). The molecule has 1 N–H and O–H groups in total. The molecule has 0 aliphatic heterocycles. The van der Waals surface area contributed by atoms with Gasteiger partial charge in [0.05, 0.1) is 11.3 Å². The molecule has 4 aromatic carbocycles. The van der Waals surface area contributed by atoms with Crippen LogP contribution < -0.4 is 4.72 Å². The molecule has 0 spiro atoms. The number of hydrogen-bond donors (Lipinski definition) is 1. The monoisotopic (exact) mass is 515 g/mol. The first kappa shape index (κ1) is 24.0. The predicted octanol–water partition coefficient (Wildman–Crippen LogP) is 6.53. The fourth-order valence-corrected chi connectivity index (χ4v) is 5.70. The van der Waals surface area contributed by atoms with Gasteiger partial charge in [-0.1, -0.05) is 48.5 Å². The van der Waals surface area contributed by atoms with Gasteiger partial charge in [-0.15, -0.1) is 11.8 Å². The molecule has 4 nitrogen and oxygen atoms in total. The number of thioether (sulfide) groups is 1. The van der Waals surface area contributed by atoms with E-state index in [-0.39, 0.29) is 11.3 Å². The number of sulfonamides is 1. The van der Waals surface area contributed by atoms with Gasteiger partial charge < -0.3 is 0 Å². The van der Waals surface area contributed by atoms with E-state index in [1.165, 1.54) is 24.3 Å². The van der Waals surface area contributed by atoms with E-state index in [0.717, 1.165) is 32.4 Å². The average molecular weight is 516 g/mol. The molecular weight excluding hydrogens is 493 g/mol. The van der Waals surface area contributed by atoms with Gasteiger partial charge in [-0.3, -0.25) is 4.79 Å². The van der Waals surface area contributed by atoms with Gasteiger partial charge in [0.2, 0.25) is 5.91 Å². The molecule has 0 fully saturated rings. The third kappa shape index (κ3) is 4.98. The lowest BCUT2D eigenvalue weighted by atomic mass is 10.0. The minimum absolute atomic E-state index is 0.00988. The maximum atomic E-state index is 14.1. The molecule has 0 aromatic heterocycles. The van der Waals surface area contributed by atoms with Crippen molar-refractivity contribution in [2.75, 3.05) is 6.26 Å². The molecule has 0 radical (unpaired) electrons. The number of rotatable bonds is 6. The molecule has 0 bridgehead atoms. The zero-order valence-corrected chi connectivity index (χ0v) is 21.0. The summed E-state index contributed by atoms with van der Waals surface area (Å²) < 4.78 is 42.0. The molecule has 180 valence electrons. The highest BCUT2D eigenvalue weighted by Gasteiger charge is 2.24. The van der Waals surface area contributed by atoms with E-state index in [9.17, 15) is 17.6 Å². The second-order valence-corrected chi connectivity index (χ2v) is 11.0. The Bertz CT molecular complexity index is 1660. The maximum Gasteiger partial charge on any atom is 0.264 e. The molecule has 0 unspecified atom stereocenters. The molecule has 0 atom stereocenters. The lowest BCUT2D eigenvalue weighted by molar-refractivity contribution is -0.118. The van der Waals surface area contributed by atoms with Gasteiger partial charge in [0.25, 0.3) is 10.0 Å². The van der Waals surface area contributed by atoms with Gasteiger partial charge in [0, 0.05) is 4.90 Å². The zero-order chi connectivity index (χ0) is 25.3. The van der Waals surface area contributed by atoms with E-state index in [1.807, 2.05) is 66.9 Å². The molecular formula is C29H22FNO3S2. The van der Waals surface area contributed by atoms with Crippen molar-refractivity contribution in [1.29, 1.82) is 0 Å². The largest absolute Gasteiger partial charge is 0.274 e. The van der Waals surface area contributed by atoms with Gasteiger partial charge >= 0.3 is 0 Å². The van der Waals surface area contributed by atoms with Crippen molar-refractivity contribution in [3.05, 3.63) is 114 Å². The number of benzene rings is 4. The van der Waals surface area contributed by atoms with Crippen molar-refractivity contribution in [2.24, 2.45) is 0 Å². The van der Waals surface area contributed by atoms with Crippen molar-refractivity contribution in [1.82, 2.24) is 4.72 Å². The lowest BCUT2D eigenvalue weighted by Gasteiger charge is -2.09. The highest BCUT2D eigenvalue weighted by Crippen LogP contribution is 2.38. The summed E-state index contributed by atoms with van der Waals surface area (Å²) in [5, 5.41) is 1.66. The van der Waals surface area contributed by atoms with Crippen molar-refractivity contribution < 1.29 is 17.6 Å². The Balaban J connectivity index is 1.41. The van der Waals surface area contributed by atoms with Crippen LogP contribution in [0.3, 0.4) is 0 Å². The van der Waals surface area contributed by atoms with Crippen LogP contribution in [0.4, 0.5) is 4.39 Å². The maximum absolute atomic E-state index is 14.1. The molecule has 1 aliphatic rings. The van der Waals surface area contributed by atoms with Crippen molar-refractivity contribution in [2.45, 2.75) is 16.2 Å². The van der Waals surface area contributed by atoms with Gasteiger partial charge in [-0.05, 0) is 93.4 Å². The zero-order valence-electron chi connectivity index (χ0n) is 19.4. The van der Waals surface area contributed by atoms with Crippen molar-refractivity contribution in [3.63, 3.8) is 0 Å². The Morgan fingerprint density at radius 3 is 2.42 bits per heavy atom. The molecule has 4 aromatic rings. The number of carbonyl (C=O) groups excluding carboxylic acids is 1. The minimum Gasteiger partial charge on any atom is -0.274 e. The van der Waals surface area contributed by atoms with Crippen LogP contribution in [0.5, 0.6) is 0 Å². The molecule has 0 saturated heterocycles. The summed E-state index contributed by atoms with van der Waals surface area (Å²) in [4.78, 5) is 14.0. The number of carbonyl (C=O) groups is 1. The Morgan fingerprint density at radius 2 is 1.67 bits per heavy atom. The van der Waals surface area contributed by atoms with Crippen LogP contribution in [0.2, 0.25) is 0 Å². The van der Waals surface area contributed by atoms with Crippen molar-refractivity contribution in [3.8, 4) is 0 Å².